The van der Waals surface area contributed by atoms with Crippen LogP contribution in [0, 0.1) is 24.2 Å². The van der Waals surface area contributed by atoms with Gasteiger partial charge in [0.25, 0.3) is 0 Å². The summed E-state index contributed by atoms with van der Waals surface area (Å²) < 4.78 is 38.5. The van der Waals surface area contributed by atoms with Gasteiger partial charge in [-0.05, 0) is 81.5 Å². The Morgan fingerprint density at radius 1 is 1.25 bits per heavy atom. The molecule has 2 aliphatic carbocycles. The monoisotopic (exact) mass is 395 g/mol. The number of benzene rings is 1. The molecule has 1 N–H and O–H groups in total. The highest BCUT2D eigenvalue weighted by atomic mass is 19.4. The van der Waals surface area contributed by atoms with Crippen molar-refractivity contribution >= 4 is 5.91 Å². The fourth-order valence-corrected chi connectivity index (χ4v) is 5.55. The van der Waals surface area contributed by atoms with Gasteiger partial charge in [-0.1, -0.05) is 6.07 Å². The molecule has 4 rings (SSSR count). The summed E-state index contributed by atoms with van der Waals surface area (Å²) in [4.78, 5) is 14.4. The van der Waals surface area contributed by atoms with Crippen molar-refractivity contribution in [2.24, 2.45) is 17.3 Å². The molecule has 0 radical (unpaired) electrons. The lowest BCUT2D eigenvalue weighted by Gasteiger charge is -2.52. The Labute approximate surface area is 163 Å². The van der Waals surface area contributed by atoms with Crippen molar-refractivity contribution in [3.05, 3.63) is 34.9 Å². The van der Waals surface area contributed by atoms with Crippen LogP contribution < -0.4 is 0 Å². The molecule has 1 aromatic carbocycles. The van der Waals surface area contributed by atoms with E-state index in [1.165, 1.54) is 12.1 Å². The quantitative estimate of drug-likeness (QED) is 0.827. The standard InChI is InChI=1S/C22H28F3NO2/c1-14-7-18(22(23,24)25)4-3-16(14)8-15-5-6-21(9-15)12-26(13-21)19(27)17-10-20(2,28)11-17/h3-4,7,15,17,28H,5-6,8-13H2,1-2H3. The minimum Gasteiger partial charge on any atom is -0.390 e. The molecule has 0 aromatic heterocycles. The summed E-state index contributed by atoms with van der Waals surface area (Å²) in [5, 5.41) is 9.84. The van der Waals surface area contributed by atoms with Crippen LogP contribution >= 0.6 is 0 Å². The summed E-state index contributed by atoms with van der Waals surface area (Å²) in [6.45, 7) is 5.13. The van der Waals surface area contributed by atoms with Crippen molar-refractivity contribution < 1.29 is 23.1 Å². The lowest BCUT2D eigenvalue weighted by molar-refractivity contribution is -0.161. The molecule has 1 unspecified atom stereocenters. The minimum absolute atomic E-state index is 0.0284. The zero-order chi connectivity index (χ0) is 20.3. The Morgan fingerprint density at radius 3 is 2.50 bits per heavy atom. The van der Waals surface area contributed by atoms with Gasteiger partial charge in [-0.25, -0.2) is 0 Å². The molecular weight excluding hydrogens is 367 g/mol. The van der Waals surface area contributed by atoms with Crippen LogP contribution in [-0.2, 0) is 17.4 Å². The maximum absolute atomic E-state index is 12.8. The smallest absolute Gasteiger partial charge is 0.390 e. The summed E-state index contributed by atoms with van der Waals surface area (Å²) >= 11 is 0. The Bertz CT molecular complexity index is 772. The van der Waals surface area contributed by atoms with Gasteiger partial charge < -0.3 is 10.0 Å². The predicted molar refractivity (Wildman–Crippen MR) is 99.6 cm³/mol. The molecule has 6 heteroatoms. The summed E-state index contributed by atoms with van der Waals surface area (Å²) in [7, 11) is 0. The molecular formula is C22H28F3NO2. The average Bonchev–Trinajstić information content (AvgIpc) is 2.95. The van der Waals surface area contributed by atoms with E-state index in [0.29, 0.717) is 24.3 Å². The largest absolute Gasteiger partial charge is 0.416 e. The van der Waals surface area contributed by atoms with E-state index in [9.17, 15) is 23.1 Å². The van der Waals surface area contributed by atoms with Gasteiger partial charge >= 0.3 is 6.18 Å². The van der Waals surface area contributed by atoms with Crippen molar-refractivity contribution in [2.75, 3.05) is 13.1 Å². The van der Waals surface area contributed by atoms with Gasteiger partial charge in [0.05, 0.1) is 11.2 Å². The number of carbonyl (C=O) groups is 1. The van der Waals surface area contributed by atoms with Crippen LogP contribution in [-0.4, -0.2) is 34.6 Å². The van der Waals surface area contributed by atoms with Crippen molar-refractivity contribution in [2.45, 2.75) is 64.1 Å². The predicted octanol–water partition coefficient (Wildman–Crippen LogP) is 4.35. The van der Waals surface area contributed by atoms with E-state index in [-0.39, 0.29) is 17.2 Å². The first-order chi connectivity index (χ1) is 13.0. The van der Waals surface area contributed by atoms with Gasteiger partial charge in [-0.15, -0.1) is 0 Å². The lowest BCUT2D eigenvalue weighted by Crippen LogP contribution is -2.61. The first-order valence-electron chi connectivity index (χ1n) is 10.1. The van der Waals surface area contributed by atoms with E-state index in [0.717, 1.165) is 44.3 Å². The van der Waals surface area contributed by atoms with E-state index >= 15 is 0 Å². The zero-order valence-electron chi connectivity index (χ0n) is 16.5. The maximum atomic E-state index is 12.8. The molecule has 1 saturated heterocycles. The minimum atomic E-state index is -4.30. The van der Waals surface area contributed by atoms with E-state index in [2.05, 4.69) is 0 Å². The second-order valence-corrected chi connectivity index (χ2v) is 9.75. The van der Waals surface area contributed by atoms with Crippen molar-refractivity contribution in [1.82, 2.24) is 4.90 Å². The zero-order valence-corrected chi connectivity index (χ0v) is 16.5. The van der Waals surface area contributed by atoms with Crippen LogP contribution in [0.1, 0.15) is 55.7 Å². The molecule has 3 aliphatic rings. The number of likely N-dealkylation sites (tertiary alicyclic amines) is 1. The highest BCUT2D eigenvalue weighted by Crippen LogP contribution is 2.50. The Morgan fingerprint density at radius 2 is 1.93 bits per heavy atom. The molecule has 1 spiro atoms. The number of aliphatic hydroxyl groups is 1. The molecule has 154 valence electrons. The van der Waals surface area contributed by atoms with Crippen molar-refractivity contribution in [1.29, 1.82) is 0 Å². The van der Waals surface area contributed by atoms with Gasteiger partial charge in [-0.2, -0.15) is 13.2 Å². The molecule has 1 aromatic rings. The molecule has 28 heavy (non-hydrogen) atoms. The van der Waals surface area contributed by atoms with Crippen LogP contribution in [0.25, 0.3) is 0 Å². The molecule has 2 saturated carbocycles. The number of halogens is 3. The van der Waals surface area contributed by atoms with Gasteiger partial charge in [0.15, 0.2) is 0 Å². The number of amides is 1. The van der Waals surface area contributed by atoms with E-state index in [1.54, 1.807) is 19.9 Å². The number of aryl methyl sites for hydroxylation is 1. The third-order valence-electron chi connectivity index (χ3n) is 7.07. The highest BCUT2D eigenvalue weighted by molar-refractivity contribution is 5.81. The maximum Gasteiger partial charge on any atom is 0.416 e. The van der Waals surface area contributed by atoms with E-state index in [4.69, 9.17) is 0 Å². The SMILES string of the molecule is Cc1cc(C(F)(F)F)ccc1CC1CCC2(C1)CN(C(=O)C1CC(C)(O)C1)C2. The van der Waals surface area contributed by atoms with Gasteiger partial charge in [-0.3, -0.25) is 4.79 Å². The molecule has 1 amide bonds. The summed E-state index contributed by atoms with van der Waals surface area (Å²) in [6.07, 6.45) is 0.835. The Kier molecular flexibility index (Phi) is 4.57. The lowest BCUT2D eigenvalue weighted by atomic mass is 9.69. The second kappa shape index (κ2) is 6.48. The fraction of sp³-hybridized carbons (Fsp3) is 0.682. The normalized spacial score (nSPS) is 31.6. The Hall–Kier alpha value is -1.56. The molecule has 1 heterocycles. The fourth-order valence-electron chi connectivity index (χ4n) is 5.55. The second-order valence-electron chi connectivity index (χ2n) is 9.75. The van der Waals surface area contributed by atoms with Crippen LogP contribution in [0.4, 0.5) is 13.2 Å². The van der Waals surface area contributed by atoms with Crippen molar-refractivity contribution in [3.8, 4) is 0 Å². The topological polar surface area (TPSA) is 40.5 Å². The summed E-state index contributed by atoms with van der Waals surface area (Å²) in [5.41, 5.74) is 0.643. The number of rotatable bonds is 3. The molecule has 0 bridgehead atoms. The Balaban J connectivity index is 1.30. The average molecular weight is 395 g/mol. The van der Waals surface area contributed by atoms with Crippen molar-refractivity contribution in [3.63, 3.8) is 0 Å². The van der Waals surface area contributed by atoms with Gasteiger partial charge in [0.2, 0.25) is 5.91 Å². The molecule has 3 fully saturated rings. The van der Waals surface area contributed by atoms with Crippen LogP contribution in [0.3, 0.4) is 0 Å². The summed E-state index contributed by atoms with van der Waals surface area (Å²) in [6, 6.07) is 4.06. The highest BCUT2D eigenvalue weighted by Gasteiger charge is 2.52. The molecule has 3 nitrogen and oxygen atoms in total. The van der Waals surface area contributed by atoms with Gasteiger partial charge in [0, 0.05) is 24.4 Å². The summed E-state index contributed by atoms with van der Waals surface area (Å²) in [5.74, 6) is 0.621. The van der Waals surface area contributed by atoms with E-state index in [1.807, 2.05) is 4.90 Å². The number of nitrogens with zero attached hydrogens (tertiary/aromatic N) is 1. The number of hydrogen-bond donors (Lipinski definition) is 1. The molecule has 1 atom stereocenters. The van der Waals surface area contributed by atoms with E-state index < -0.39 is 17.3 Å². The number of hydrogen-bond acceptors (Lipinski definition) is 2. The first kappa shape index (κ1) is 19.7. The van der Waals surface area contributed by atoms with Gasteiger partial charge in [0.1, 0.15) is 0 Å². The number of alkyl halides is 3. The molecule has 1 aliphatic heterocycles. The third-order valence-corrected chi connectivity index (χ3v) is 7.07. The van der Waals surface area contributed by atoms with Crippen LogP contribution in [0.5, 0.6) is 0 Å². The number of carbonyl (C=O) groups excluding carboxylic acids is 1. The first-order valence-corrected chi connectivity index (χ1v) is 10.1. The van der Waals surface area contributed by atoms with Crippen LogP contribution in [0.15, 0.2) is 18.2 Å². The third kappa shape index (κ3) is 3.68. The van der Waals surface area contributed by atoms with Crippen LogP contribution in [0.2, 0.25) is 0 Å².